The molecule has 0 N–H and O–H groups in total. The molecule has 0 spiro atoms. The second kappa shape index (κ2) is 7.85. The summed E-state index contributed by atoms with van der Waals surface area (Å²) >= 11 is 0. The molecule has 40 heavy (non-hydrogen) atoms. The second-order valence-corrected chi connectivity index (χ2v) is 13.1. The molecule has 1 aliphatic heterocycles. The highest BCUT2D eigenvalue weighted by atomic mass is 31.2. The average molecular weight is 532 g/mol. The Morgan fingerprint density at radius 3 is 2.17 bits per heavy atom. The fourth-order valence-electron chi connectivity index (χ4n) is 6.74. The van der Waals surface area contributed by atoms with Crippen molar-refractivity contribution < 1.29 is 8.98 Å². The molecular weight excluding hydrogens is 509 g/mol. The van der Waals surface area contributed by atoms with Crippen molar-refractivity contribution >= 4 is 66.8 Å². The zero-order chi connectivity index (χ0) is 26.4. The van der Waals surface area contributed by atoms with Crippen LogP contribution in [0.1, 0.15) is 0 Å². The Morgan fingerprint density at radius 2 is 1.27 bits per heavy atom. The molecule has 1 atom stereocenters. The van der Waals surface area contributed by atoms with Crippen molar-refractivity contribution in [2.75, 3.05) is 0 Å². The summed E-state index contributed by atoms with van der Waals surface area (Å²) in [6.45, 7) is 0. The van der Waals surface area contributed by atoms with Gasteiger partial charge in [0.25, 0.3) is 0 Å². The Labute approximate surface area is 230 Å². The van der Waals surface area contributed by atoms with Crippen LogP contribution in [0.25, 0.3) is 60.6 Å². The fourth-order valence-corrected chi connectivity index (χ4v) is 9.79. The summed E-state index contributed by atoms with van der Waals surface area (Å²) in [6.07, 6.45) is 0. The number of hydrogen-bond donors (Lipinski definition) is 0. The van der Waals surface area contributed by atoms with Crippen molar-refractivity contribution in [3.05, 3.63) is 133 Å². The van der Waals surface area contributed by atoms with Gasteiger partial charge in [-0.1, -0.05) is 109 Å². The number of rotatable bonds is 2. The molecule has 188 valence electrons. The summed E-state index contributed by atoms with van der Waals surface area (Å²) in [5.74, 6) is 0. The maximum Gasteiger partial charge on any atom is 0.172 e. The molecule has 4 heteroatoms. The first-order valence-corrected chi connectivity index (χ1v) is 15.2. The molecule has 0 amide bonds. The molecule has 3 heterocycles. The van der Waals surface area contributed by atoms with Crippen LogP contribution in [0.15, 0.2) is 138 Å². The molecule has 9 rings (SSSR count). The van der Waals surface area contributed by atoms with E-state index in [0.29, 0.717) is 0 Å². The maximum absolute atomic E-state index is 15.3. The SMILES string of the molecule is O=P1(c2ccccc2)c2ccccc2-c2c1ccc1c3ccccc3n(-c3cccc4c3oc3ccccc34)c21. The first kappa shape index (κ1) is 22.0. The summed E-state index contributed by atoms with van der Waals surface area (Å²) in [6, 6.07) is 45.5. The van der Waals surface area contributed by atoms with Gasteiger partial charge in [0.2, 0.25) is 0 Å². The lowest BCUT2D eigenvalue weighted by atomic mass is 10.0. The third-order valence-corrected chi connectivity index (χ3v) is 11.6. The molecule has 8 aromatic rings. The molecular formula is C36H22NO2P. The predicted octanol–water partition coefficient (Wildman–Crippen LogP) is 8.30. The van der Waals surface area contributed by atoms with E-state index in [4.69, 9.17) is 4.42 Å². The minimum atomic E-state index is -3.07. The van der Waals surface area contributed by atoms with E-state index in [1.807, 2.05) is 54.6 Å². The molecule has 3 nitrogen and oxygen atoms in total. The van der Waals surface area contributed by atoms with Gasteiger partial charge in [-0.3, -0.25) is 0 Å². The monoisotopic (exact) mass is 531 g/mol. The number of aromatic nitrogens is 1. The number of furan rings is 1. The number of benzene rings is 6. The average Bonchev–Trinajstić information content (AvgIpc) is 3.65. The molecule has 0 bridgehead atoms. The highest BCUT2D eigenvalue weighted by Crippen LogP contribution is 2.55. The molecule has 1 unspecified atom stereocenters. The normalized spacial score (nSPS) is 16.2. The third kappa shape index (κ3) is 2.68. The first-order chi connectivity index (χ1) is 19.7. The minimum absolute atomic E-state index is 0.849. The first-order valence-electron chi connectivity index (χ1n) is 13.5. The molecule has 6 aromatic carbocycles. The summed E-state index contributed by atoms with van der Waals surface area (Å²) < 4.78 is 24.1. The van der Waals surface area contributed by atoms with Gasteiger partial charge in [-0.15, -0.1) is 0 Å². The van der Waals surface area contributed by atoms with E-state index >= 15 is 4.57 Å². The standard InChI is InChI=1S/C36H22NO2P/c38-40(23-11-2-1-3-12-23)32-20-9-6-15-28(32)34-33(40)22-21-26-24-13-4-7-17-29(24)37(35(26)34)30-18-10-16-27-25-14-5-8-19-31(25)39-36(27)30/h1-22H. The van der Waals surface area contributed by atoms with E-state index in [9.17, 15) is 0 Å². The molecule has 0 saturated heterocycles. The van der Waals surface area contributed by atoms with Crippen LogP contribution in [0.5, 0.6) is 0 Å². The smallest absolute Gasteiger partial charge is 0.172 e. The van der Waals surface area contributed by atoms with Crippen molar-refractivity contribution in [2.45, 2.75) is 0 Å². The lowest BCUT2D eigenvalue weighted by Gasteiger charge is -2.16. The van der Waals surface area contributed by atoms with Crippen molar-refractivity contribution in [2.24, 2.45) is 0 Å². The van der Waals surface area contributed by atoms with Crippen molar-refractivity contribution in [1.29, 1.82) is 0 Å². The summed E-state index contributed by atoms with van der Waals surface area (Å²) in [5.41, 5.74) is 6.94. The van der Waals surface area contributed by atoms with E-state index in [1.54, 1.807) is 0 Å². The Kier molecular flexibility index (Phi) is 4.32. The topological polar surface area (TPSA) is 35.1 Å². The Hall–Kier alpha value is -4.85. The van der Waals surface area contributed by atoms with Crippen molar-refractivity contribution in [3.63, 3.8) is 0 Å². The molecule has 2 aromatic heterocycles. The highest BCUT2D eigenvalue weighted by molar-refractivity contribution is 7.86. The maximum atomic E-state index is 15.3. The van der Waals surface area contributed by atoms with Gasteiger partial charge in [0.05, 0.1) is 16.7 Å². The van der Waals surface area contributed by atoms with Crippen LogP contribution < -0.4 is 15.9 Å². The summed E-state index contributed by atoms with van der Waals surface area (Å²) in [7, 11) is -3.07. The zero-order valence-corrected chi connectivity index (χ0v) is 22.3. The van der Waals surface area contributed by atoms with E-state index in [-0.39, 0.29) is 0 Å². The predicted molar refractivity (Wildman–Crippen MR) is 166 cm³/mol. The van der Waals surface area contributed by atoms with Crippen LogP contribution in [-0.4, -0.2) is 4.57 Å². The Bertz CT molecular complexity index is 2360. The minimum Gasteiger partial charge on any atom is -0.454 e. The Balaban J connectivity index is 1.50. The summed E-state index contributed by atoms with van der Waals surface area (Å²) in [5, 5.41) is 7.15. The van der Waals surface area contributed by atoms with Gasteiger partial charge in [0.15, 0.2) is 12.7 Å². The molecule has 0 aliphatic carbocycles. The highest BCUT2D eigenvalue weighted by Gasteiger charge is 2.41. The van der Waals surface area contributed by atoms with Crippen molar-refractivity contribution in [3.8, 4) is 16.8 Å². The van der Waals surface area contributed by atoms with Crippen LogP contribution >= 0.6 is 7.14 Å². The third-order valence-electron chi connectivity index (χ3n) is 8.41. The lowest BCUT2D eigenvalue weighted by molar-refractivity contribution is 0.593. The van der Waals surface area contributed by atoms with E-state index < -0.39 is 7.14 Å². The van der Waals surface area contributed by atoms with E-state index in [2.05, 4.69) is 83.4 Å². The Morgan fingerprint density at radius 1 is 0.550 bits per heavy atom. The molecule has 0 radical (unpaired) electrons. The fraction of sp³-hybridized carbons (Fsp3) is 0. The van der Waals surface area contributed by atoms with Gasteiger partial charge in [0, 0.05) is 43.0 Å². The van der Waals surface area contributed by atoms with Crippen LogP contribution in [0.2, 0.25) is 0 Å². The van der Waals surface area contributed by atoms with Gasteiger partial charge in [-0.25, -0.2) is 0 Å². The number of nitrogens with zero attached hydrogens (tertiary/aromatic N) is 1. The zero-order valence-electron chi connectivity index (χ0n) is 21.4. The largest absolute Gasteiger partial charge is 0.454 e. The van der Waals surface area contributed by atoms with Crippen LogP contribution in [0.4, 0.5) is 0 Å². The molecule has 0 saturated carbocycles. The van der Waals surface area contributed by atoms with Crippen molar-refractivity contribution in [1.82, 2.24) is 4.57 Å². The lowest BCUT2D eigenvalue weighted by Crippen LogP contribution is -2.20. The van der Waals surface area contributed by atoms with Gasteiger partial charge in [-0.05, 0) is 29.8 Å². The number of fused-ring (bicyclic) bond motifs is 10. The quantitative estimate of drug-likeness (QED) is 0.210. The van der Waals surface area contributed by atoms with E-state index in [1.165, 1.54) is 0 Å². The van der Waals surface area contributed by atoms with Gasteiger partial charge in [-0.2, -0.15) is 0 Å². The van der Waals surface area contributed by atoms with Gasteiger partial charge >= 0.3 is 0 Å². The molecule has 1 aliphatic rings. The van der Waals surface area contributed by atoms with Gasteiger partial charge < -0.3 is 13.5 Å². The second-order valence-electron chi connectivity index (χ2n) is 10.4. The van der Waals surface area contributed by atoms with Gasteiger partial charge in [0.1, 0.15) is 5.58 Å². The van der Waals surface area contributed by atoms with Crippen LogP contribution in [0, 0.1) is 0 Å². The number of hydrogen-bond acceptors (Lipinski definition) is 2. The van der Waals surface area contributed by atoms with Crippen LogP contribution in [0.3, 0.4) is 0 Å². The van der Waals surface area contributed by atoms with Crippen LogP contribution in [-0.2, 0) is 4.57 Å². The summed E-state index contributed by atoms with van der Waals surface area (Å²) in [4.78, 5) is 0. The molecule has 0 fully saturated rings. The number of para-hydroxylation sites is 3. The van der Waals surface area contributed by atoms with E-state index in [0.717, 1.165) is 76.5 Å².